The molecule has 0 aromatic carbocycles. The molecule has 1 fully saturated rings. The molecule has 0 amide bonds. The van der Waals surface area contributed by atoms with Crippen molar-refractivity contribution in [1.82, 2.24) is 0 Å². The van der Waals surface area contributed by atoms with Gasteiger partial charge >= 0.3 is 0 Å². The van der Waals surface area contributed by atoms with Gasteiger partial charge in [0.2, 0.25) is 0 Å². The van der Waals surface area contributed by atoms with Crippen LogP contribution in [-0.4, -0.2) is 17.8 Å². The number of aliphatic hydroxyl groups excluding tert-OH is 1. The molecule has 3 N–H and O–H groups in total. The van der Waals surface area contributed by atoms with Gasteiger partial charge in [-0.1, -0.05) is 40.0 Å². The van der Waals surface area contributed by atoms with Gasteiger partial charge in [-0.05, 0) is 31.1 Å². The molecule has 0 aromatic rings. The number of aliphatic hydroxyl groups is 1. The second-order valence-corrected chi connectivity index (χ2v) is 6.08. The molecule has 1 rings (SSSR count). The van der Waals surface area contributed by atoms with Crippen molar-refractivity contribution in [1.29, 1.82) is 0 Å². The molecular formula is C14H29NO. The van der Waals surface area contributed by atoms with E-state index in [4.69, 9.17) is 5.73 Å². The van der Waals surface area contributed by atoms with E-state index in [2.05, 4.69) is 20.8 Å². The van der Waals surface area contributed by atoms with E-state index in [0.717, 1.165) is 25.2 Å². The summed E-state index contributed by atoms with van der Waals surface area (Å²) in [7, 11) is 0. The minimum absolute atomic E-state index is 0.0171. The lowest BCUT2D eigenvalue weighted by Gasteiger charge is -2.44. The first kappa shape index (κ1) is 14.0. The molecule has 16 heavy (non-hydrogen) atoms. The maximum absolute atomic E-state index is 10.4. The summed E-state index contributed by atoms with van der Waals surface area (Å²) in [4.78, 5) is 0. The van der Waals surface area contributed by atoms with Gasteiger partial charge in [0.25, 0.3) is 0 Å². The Bertz CT molecular complexity index is 205. The summed E-state index contributed by atoms with van der Waals surface area (Å²) in [6.45, 7) is 7.25. The minimum atomic E-state index is -0.202. The van der Waals surface area contributed by atoms with Crippen LogP contribution in [0.1, 0.15) is 59.3 Å². The standard InChI is InChI=1S/C14H29NO/c1-4-12-6-5-7-14(9-12,10-15)13(16)8-11(2)3/h11-13,16H,4-10,15H2,1-3H3. The minimum Gasteiger partial charge on any atom is -0.392 e. The second kappa shape index (κ2) is 6.02. The fourth-order valence-electron chi connectivity index (χ4n) is 3.19. The quantitative estimate of drug-likeness (QED) is 0.758. The van der Waals surface area contributed by atoms with Crippen molar-refractivity contribution in [2.24, 2.45) is 23.0 Å². The molecule has 0 aromatic heterocycles. The molecule has 0 bridgehead atoms. The smallest absolute Gasteiger partial charge is 0.0611 e. The third-order valence-corrected chi connectivity index (χ3v) is 4.37. The summed E-state index contributed by atoms with van der Waals surface area (Å²) >= 11 is 0. The predicted molar refractivity (Wildman–Crippen MR) is 69.2 cm³/mol. The molecule has 0 saturated heterocycles. The Labute approximate surface area is 101 Å². The van der Waals surface area contributed by atoms with E-state index >= 15 is 0 Å². The van der Waals surface area contributed by atoms with Gasteiger partial charge in [-0.15, -0.1) is 0 Å². The van der Waals surface area contributed by atoms with E-state index in [1.807, 2.05) is 0 Å². The Morgan fingerprint density at radius 3 is 2.62 bits per heavy atom. The SMILES string of the molecule is CCC1CCCC(CN)(C(O)CC(C)C)C1. The van der Waals surface area contributed by atoms with Crippen molar-refractivity contribution in [3.8, 4) is 0 Å². The van der Waals surface area contributed by atoms with Crippen LogP contribution < -0.4 is 5.73 Å². The number of hydrogen-bond donors (Lipinski definition) is 2. The van der Waals surface area contributed by atoms with Crippen LogP contribution in [0, 0.1) is 17.3 Å². The first-order valence-electron chi connectivity index (χ1n) is 6.92. The van der Waals surface area contributed by atoms with Crippen LogP contribution in [0.2, 0.25) is 0 Å². The molecule has 96 valence electrons. The van der Waals surface area contributed by atoms with Crippen molar-refractivity contribution >= 4 is 0 Å². The van der Waals surface area contributed by atoms with E-state index in [1.165, 1.54) is 19.3 Å². The van der Waals surface area contributed by atoms with Crippen LogP contribution in [0.15, 0.2) is 0 Å². The fourth-order valence-corrected chi connectivity index (χ4v) is 3.19. The van der Waals surface area contributed by atoms with Crippen LogP contribution in [0.3, 0.4) is 0 Å². The number of hydrogen-bond acceptors (Lipinski definition) is 2. The van der Waals surface area contributed by atoms with Gasteiger partial charge in [0.15, 0.2) is 0 Å². The summed E-state index contributed by atoms with van der Waals surface area (Å²) in [6, 6.07) is 0. The lowest BCUT2D eigenvalue weighted by Crippen LogP contribution is -2.45. The lowest BCUT2D eigenvalue weighted by atomic mass is 9.64. The zero-order chi connectivity index (χ0) is 12.2. The highest BCUT2D eigenvalue weighted by atomic mass is 16.3. The highest BCUT2D eigenvalue weighted by Crippen LogP contribution is 2.43. The monoisotopic (exact) mass is 227 g/mol. The van der Waals surface area contributed by atoms with Crippen molar-refractivity contribution in [3.63, 3.8) is 0 Å². The van der Waals surface area contributed by atoms with E-state index in [0.29, 0.717) is 12.5 Å². The Balaban J connectivity index is 2.67. The highest BCUT2D eigenvalue weighted by molar-refractivity contribution is 4.92. The average molecular weight is 227 g/mol. The van der Waals surface area contributed by atoms with E-state index < -0.39 is 0 Å². The first-order chi connectivity index (χ1) is 7.54. The maximum Gasteiger partial charge on any atom is 0.0611 e. The largest absolute Gasteiger partial charge is 0.392 e. The molecule has 0 radical (unpaired) electrons. The Morgan fingerprint density at radius 1 is 1.44 bits per heavy atom. The molecule has 1 aliphatic carbocycles. The van der Waals surface area contributed by atoms with Gasteiger partial charge in [-0.25, -0.2) is 0 Å². The van der Waals surface area contributed by atoms with Crippen LogP contribution >= 0.6 is 0 Å². The molecule has 1 saturated carbocycles. The van der Waals surface area contributed by atoms with Crippen molar-refractivity contribution in [2.45, 2.75) is 65.4 Å². The molecule has 0 spiro atoms. The summed E-state index contributed by atoms with van der Waals surface area (Å²) in [5.41, 5.74) is 5.99. The number of rotatable bonds is 5. The molecular weight excluding hydrogens is 198 g/mol. The molecule has 3 unspecified atom stereocenters. The van der Waals surface area contributed by atoms with Gasteiger partial charge in [0.1, 0.15) is 0 Å². The van der Waals surface area contributed by atoms with Gasteiger partial charge in [0.05, 0.1) is 6.10 Å². The van der Waals surface area contributed by atoms with Gasteiger partial charge < -0.3 is 10.8 Å². The molecule has 3 atom stereocenters. The molecule has 0 heterocycles. The topological polar surface area (TPSA) is 46.2 Å². The van der Waals surface area contributed by atoms with Gasteiger partial charge in [-0.2, -0.15) is 0 Å². The van der Waals surface area contributed by atoms with Crippen molar-refractivity contribution < 1.29 is 5.11 Å². The zero-order valence-corrected chi connectivity index (χ0v) is 11.2. The summed E-state index contributed by atoms with van der Waals surface area (Å²) < 4.78 is 0. The summed E-state index contributed by atoms with van der Waals surface area (Å²) in [5.74, 6) is 1.33. The molecule has 2 heteroatoms. The van der Waals surface area contributed by atoms with Crippen LogP contribution in [-0.2, 0) is 0 Å². The lowest BCUT2D eigenvalue weighted by molar-refractivity contribution is -0.0254. The predicted octanol–water partition coefficient (Wildman–Crippen LogP) is 2.94. The van der Waals surface area contributed by atoms with Crippen molar-refractivity contribution in [2.75, 3.05) is 6.54 Å². The first-order valence-corrected chi connectivity index (χ1v) is 6.92. The van der Waals surface area contributed by atoms with Crippen LogP contribution in [0.4, 0.5) is 0 Å². The Hall–Kier alpha value is -0.0800. The summed E-state index contributed by atoms with van der Waals surface area (Å²) in [6.07, 6.45) is 6.75. The second-order valence-electron chi connectivity index (χ2n) is 6.08. The van der Waals surface area contributed by atoms with Crippen LogP contribution in [0.25, 0.3) is 0 Å². The van der Waals surface area contributed by atoms with Gasteiger partial charge in [-0.3, -0.25) is 0 Å². The zero-order valence-electron chi connectivity index (χ0n) is 11.2. The third kappa shape index (κ3) is 3.21. The fraction of sp³-hybridized carbons (Fsp3) is 1.00. The normalized spacial score (nSPS) is 33.0. The average Bonchev–Trinajstić information content (AvgIpc) is 2.28. The molecule has 0 aliphatic heterocycles. The molecule has 1 aliphatic rings. The maximum atomic E-state index is 10.4. The number of nitrogens with two attached hydrogens (primary N) is 1. The Kier molecular flexibility index (Phi) is 5.26. The van der Waals surface area contributed by atoms with E-state index in [1.54, 1.807) is 0 Å². The highest BCUT2D eigenvalue weighted by Gasteiger charge is 2.40. The third-order valence-electron chi connectivity index (χ3n) is 4.37. The molecule has 2 nitrogen and oxygen atoms in total. The van der Waals surface area contributed by atoms with E-state index in [-0.39, 0.29) is 11.5 Å². The Morgan fingerprint density at radius 2 is 2.12 bits per heavy atom. The summed E-state index contributed by atoms with van der Waals surface area (Å²) in [5, 5.41) is 10.4. The van der Waals surface area contributed by atoms with E-state index in [9.17, 15) is 5.11 Å². The van der Waals surface area contributed by atoms with Gasteiger partial charge in [0, 0.05) is 12.0 Å². The van der Waals surface area contributed by atoms with Crippen LogP contribution in [0.5, 0.6) is 0 Å². The van der Waals surface area contributed by atoms with Crippen molar-refractivity contribution in [3.05, 3.63) is 0 Å².